The molecule has 2 aliphatic rings. The van der Waals surface area contributed by atoms with Gasteiger partial charge < -0.3 is 9.47 Å². The highest BCUT2D eigenvalue weighted by atomic mass is 19.1. The number of aryl methyl sites for hydroxylation is 1. The van der Waals surface area contributed by atoms with E-state index in [1.54, 1.807) is 19.2 Å². The van der Waals surface area contributed by atoms with Crippen LogP contribution in [0.1, 0.15) is 47.2 Å². The van der Waals surface area contributed by atoms with E-state index in [9.17, 15) is 8.78 Å². The number of benzene rings is 5. The molecule has 40 heavy (non-hydrogen) atoms. The molecule has 0 aromatic heterocycles. The van der Waals surface area contributed by atoms with Crippen molar-refractivity contribution in [3.8, 4) is 22.6 Å². The summed E-state index contributed by atoms with van der Waals surface area (Å²) < 4.78 is 42.0. The summed E-state index contributed by atoms with van der Waals surface area (Å²) in [5, 5.41) is 1.58. The van der Waals surface area contributed by atoms with Gasteiger partial charge in [-0.1, -0.05) is 74.0 Å². The van der Waals surface area contributed by atoms with E-state index in [-0.39, 0.29) is 11.6 Å². The zero-order valence-corrected chi connectivity index (χ0v) is 22.8. The van der Waals surface area contributed by atoms with Crippen LogP contribution in [0, 0.1) is 18.6 Å². The van der Waals surface area contributed by atoms with E-state index < -0.39 is 11.0 Å². The first-order chi connectivity index (χ1) is 19.2. The monoisotopic (exact) mass is 530 g/mol. The van der Waals surface area contributed by atoms with Crippen molar-refractivity contribution >= 4 is 16.8 Å². The second-order valence-electron chi connectivity index (χ2n) is 11.3. The van der Waals surface area contributed by atoms with Gasteiger partial charge in [0.15, 0.2) is 5.60 Å². The van der Waals surface area contributed by atoms with Crippen LogP contribution < -0.4 is 9.47 Å². The van der Waals surface area contributed by atoms with Crippen LogP contribution in [0.2, 0.25) is 0 Å². The molecule has 2 nitrogen and oxygen atoms in total. The zero-order valence-electron chi connectivity index (χ0n) is 22.8. The maximum absolute atomic E-state index is 14.9. The third kappa shape index (κ3) is 3.38. The lowest BCUT2D eigenvalue weighted by atomic mass is 9.76. The third-order valence-corrected chi connectivity index (χ3v) is 8.56. The summed E-state index contributed by atoms with van der Waals surface area (Å²) in [5.74, 6) is 0.761. The van der Waals surface area contributed by atoms with Gasteiger partial charge in [0.1, 0.15) is 23.1 Å². The Morgan fingerprint density at radius 3 is 2.10 bits per heavy atom. The molecule has 0 fully saturated rings. The lowest BCUT2D eigenvalue weighted by Crippen LogP contribution is -2.35. The van der Waals surface area contributed by atoms with Crippen molar-refractivity contribution in [3.05, 3.63) is 136 Å². The predicted molar refractivity (Wildman–Crippen MR) is 156 cm³/mol. The Labute approximate surface area is 232 Å². The Bertz CT molecular complexity index is 1850. The highest BCUT2D eigenvalue weighted by Crippen LogP contribution is 2.58. The van der Waals surface area contributed by atoms with Gasteiger partial charge in [0.25, 0.3) is 0 Å². The fraction of sp³-hybridized carbons (Fsp3) is 0.167. The van der Waals surface area contributed by atoms with Crippen LogP contribution in [0.15, 0.2) is 91.0 Å². The van der Waals surface area contributed by atoms with E-state index in [1.807, 2.05) is 36.4 Å². The average molecular weight is 531 g/mol. The van der Waals surface area contributed by atoms with Gasteiger partial charge in [0.05, 0.1) is 7.11 Å². The third-order valence-electron chi connectivity index (χ3n) is 8.56. The first-order valence-electron chi connectivity index (χ1n) is 13.4. The molecular formula is C36H28F2O2. The minimum Gasteiger partial charge on any atom is -0.497 e. The van der Waals surface area contributed by atoms with Crippen LogP contribution in [0.25, 0.3) is 28.0 Å². The van der Waals surface area contributed by atoms with Crippen molar-refractivity contribution in [1.29, 1.82) is 0 Å². The second-order valence-corrected chi connectivity index (χ2v) is 11.3. The van der Waals surface area contributed by atoms with Gasteiger partial charge in [-0.2, -0.15) is 0 Å². The first kappa shape index (κ1) is 24.6. The van der Waals surface area contributed by atoms with Crippen molar-refractivity contribution in [2.24, 2.45) is 0 Å². The normalized spacial score (nSPS) is 18.1. The molecule has 0 radical (unpaired) electrons. The van der Waals surface area contributed by atoms with E-state index >= 15 is 0 Å². The van der Waals surface area contributed by atoms with Gasteiger partial charge in [-0.25, -0.2) is 8.78 Å². The van der Waals surface area contributed by atoms with Crippen molar-refractivity contribution in [2.75, 3.05) is 7.11 Å². The Morgan fingerprint density at radius 2 is 1.40 bits per heavy atom. The molecule has 198 valence electrons. The van der Waals surface area contributed by atoms with E-state index in [4.69, 9.17) is 9.47 Å². The molecule has 0 saturated carbocycles. The second kappa shape index (κ2) is 8.53. The number of fused-ring (bicyclic) bond motifs is 8. The Hall–Kier alpha value is -4.44. The van der Waals surface area contributed by atoms with Crippen molar-refractivity contribution < 1.29 is 18.3 Å². The molecule has 1 aliphatic heterocycles. The summed E-state index contributed by atoms with van der Waals surface area (Å²) in [4.78, 5) is 0. The molecule has 7 rings (SSSR count). The first-order valence-corrected chi connectivity index (χ1v) is 13.4. The summed E-state index contributed by atoms with van der Waals surface area (Å²) in [7, 11) is 1.64. The zero-order chi connectivity index (χ0) is 27.8. The van der Waals surface area contributed by atoms with Gasteiger partial charge >= 0.3 is 0 Å². The summed E-state index contributed by atoms with van der Waals surface area (Å²) in [6, 6.07) is 26.0. The molecule has 0 bridgehead atoms. The smallest absolute Gasteiger partial charge is 0.178 e. The largest absolute Gasteiger partial charge is 0.497 e. The molecule has 1 aliphatic carbocycles. The van der Waals surface area contributed by atoms with Crippen LogP contribution in [-0.4, -0.2) is 7.11 Å². The summed E-state index contributed by atoms with van der Waals surface area (Å²) in [6.45, 7) is 6.29. The molecule has 0 amide bonds. The van der Waals surface area contributed by atoms with Crippen LogP contribution in [0.5, 0.6) is 11.5 Å². The predicted octanol–water partition coefficient (Wildman–Crippen LogP) is 9.09. The topological polar surface area (TPSA) is 18.5 Å². The van der Waals surface area contributed by atoms with Gasteiger partial charge in [-0.05, 0) is 77.0 Å². The van der Waals surface area contributed by atoms with Crippen LogP contribution >= 0.6 is 0 Å². The van der Waals surface area contributed by atoms with E-state index in [2.05, 4.69) is 57.2 Å². The van der Waals surface area contributed by atoms with Crippen molar-refractivity contribution in [3.63, 3.8) is 0 Å². The van der Waals surface area contributed by atoms with Gasteiger partial charge in [-0.3, -0.25) is 0 Å². The number of hydrogen-bond acceptors (Lipinski definition) is 2. The Morgan fingerprint density at radius 1 is 0.750 bits per heavy atom. The molecule has 0 N–H and O–H groups in total. The van der Waals surface area contributed by atoms with E-state index in [0.717, 1.165) is 55.6 Å². The van der Waals surface area contributed by atoms with Crippen molar-refractivity contribution in [2.45, 2.75) is 31.8 Å². The summed E-state index contributed by atoms with van der Waals surface area (Å²) in [6.07, 6.45) is 4.20. The number of rotatable bonds is 3. The highest BCUT2D eigenvalue weighted by Gasteiger charge is 2.44. The Kier molecular flexibility index (Phi) is 5.24. The molecule has 1 unspecified atom stereocenters. The van der Waals surface area contributed by atoms with Crippen molar-refractivity contribution in [1.82, 2.24) is 0 Å². The summed E-state index contributed by atoms with van der Waals surface area (Å²) in [5.41, 5.74) is 6.43. The molecule has 5 aromatic carbocycles. The molecular weight excluding hydrogens is 502 g/mol. The average Bonchev–Trinajstić information content (AvgIpc) is 3.19. The molecule has 4 heteroatoms. The number of halogens is 2. The molecule has 5 aromatic rings. The van der Waals surface area contributed by atoms with Gasteiger partial charge in [-0.15, -0.1) is 0 Å². The van der Waals surface area contributed by atoms with Gasteiger partial charge in [0, 0.05) is 27.5 Å². The van der Waals surface area contributed by atoms with Gasteiger partial charge in [0.2, 0.25) is 0 Å². The standard InChI is InChI=1S/C36H28F2O2/c1-21-5-7-22(8-6-21)36(23-9-13-26(39-4)14-10-23)18-17-29-33-32(27-15-11-24(37)19-30(27)34(29)40-36)28-16-12-25(38)20-31(28)35(33,2)3/h5-20H,1-4H3. The van der Waals surface area contributed by atoms with Crippen LogP contribution in [-0.2, 0) is 11.0 Å². The van der Waals surface area contributed by atoms with Crippen LogP contribution in [0.3, 0.4) is 0 Å². The molecule has 1 heterocycles. The fourth-order valence-electron chi connectivity index (χ4n) is 6.55. The highest BCUT2D eigenvalue weighted by molar-refractivity contribution is 6.08. The molecule has 0 saturated heterocycles. The van der Waals surface area contributed by atoms with E-state index in [0.29, 0.717) is 11.1 Å². The lowest BCUT2D eigenvalue weighted by molar-refractivity contribution is 0.163. The number of ether oxygens (including phenoxy) is 2. The fourth-order valence-corrected chi connectivity index (χ4v) is 6.55. The SMILES string of the molecule is COc1ccc(C2(c3ccc(C)cc3)C=Cc3c4c(c5ccc(F)cc5c3O2)-c2ccc(F)cc2C4(C)C)cc1. The molecule has 1 atom stereocenters. The van der Waals surface area contributed by atoms with E-state index in [1.165, 1.54) is 12.1 Å². The maximum atomic E-state index is 14.9. The number of hydrogen-bond donors (Lipinski definition) is 0. The minimum atomic E-state index is -0.956. The number of methoxy groups -OCH3 is 1. The van der Waals surface area contributed by atoms with Crippen LogP contribution in [0.4, 0.5) is 8.78 Å². The summed E-state index contributed by atoms with van der Waals surface area (Å²) >= 11 is 0. The minimum absolute atomic E-state index is 0.270. The maximum Gasteiger partial charge on any atom is 0.178 e. The molecule has 0 spiro atoms. The Balaban J connectivity index is 1.55. The lowest BCUT2D eigenvalue weighted by Gasteiger charge is -2.38. The quantitative estimate of drug-likeness (QED) is 0.232.